The molecule has 0 aromatic heterocycles. The van der Waals surface area contributed by atoms with E-state index in [1.54, 1.807) is 0 Å². The van der Waals surface area contributed by atoms with Gasteiger partial charge in [0, 0.05) is 6.61 Å². The summed E-state index contributed by atoms with van der Waals surface area (Å²) >= 11 is 0. The van der Waals surface area contributed by atoms with Gasteiger partial charge in [0.05, 0.1) is 11.6 Å². The Morgan fingerprint density at radius 1 is 1.33 bits per heavy atom. The van der Waals surface area contributed by atoms with E-state index in [1.807, 2.05) is 0 Å². The van der Waals surface area contributed by atoms with Crippen molar-refractivity contribution in [2.75, 3.05) is 6.61 Å². The lowest BCUT2D eigenvalue weighted by Crippen LogP contribution is -2.55. The van der Waals surface area contributed by atoms with Gasteiger partial charge in [0.1, 0.15) is 0 Å². The number of hydrogen-bond acceptors (Lipinski definition) is 3. The van der Waals surface area contributed by atoms with Crippen molar-refractivity contribution in [2.45, 2.75) is 69.9 Å². The molecule has 104 valence electrons. The number of rotatable bonds is 4. The fraction of sp³-hybridized carbons (Fsp3) is 1.00. The molecule has 3 heteroatoms. The Balaban J connectivity index is 1.62. The molecule has 5 atom stereocenters. The van der Waals surface area contributed by atoms with E-state index >= 15 is 0 Å². The molecule has 5 unspecified atom stereocenters. The average molecular weight is 252 g/mol. The minimum atomic E-state index is -0.0329. The fourth-order valence-corrected chi connectivity index (χ4v) is 4.69. The Bertz CT molecular complexity index is 288. The van der Waals surface area contributed by atoms with Gasteiger partial charge in [-0.05, 0) is 69.6 Å². The monoisotopic (exact) mass is 252 g/mol. The lowest BCUT2D eigenvalue weighted by atomic mass is 9.78. The summed E-state index contributed by atoms with van der Waals surface area (Å²) < 4.78 is 6.07. The SMILES string of the molecule is CC1(C(CC2CC3CCC2C3)NN)CCCCO1. The van der Waals surface area contributed by atoms with Crippen molar-refractivity contribution < 1.29 is 4.74 Å². The molecular weight excluding hydrogens is 224 g/mol. The van der Waals surface area contributed by atoms with Crippen LogP contribution in [0.5, 0.6) is 0 Å². The van der Waals surface area contributed by atoms with Crippen molar-refractivity contribution in [1.82, 2.24) is 5.43 Å². The molecule has 2 bridgehead atoms. The first-order valence-corrected chi connectivity index (χ1v) is 7.81. The van der Waals surface area contributed by atoms with E-state index in [4.69, 9.17) is 10.6 Å². The van der Waals surface area contributed by atoms with Crippen LogP contribution in [0.2, 0.25) is 0 Å². The maximum atomic E-state index is 6.07. The first-order chi connectivity index (χ1) is 8.71. The average Bonchev–Trinajstić information content (AvgIpc) is 2.98. The summed E-state index contributed by atoms with van der Waals surface area (Å²) in [7, 11) is 0. The van der Waals surface area contributed by atoms with Gasteiger partial charge in [-0.15, -0.1) is 0 Å². The van der Waals surface area contributed by atoms with Crippen molar-refractivity contribution >= 4 is 0 Å². The highest BCUT2D eigenvalue weighted by Crippen LogP contribution is 2.50. The molecule has 1 aliphatic heterocycles. The standard InChI is InChI=1S/C15H28N2O/c1-15(6-2-3-7-18-15)14(17-16)10-13-9-11-4-5-12(13)8-11/h11-14,17H,2-10,16H2,1H3. The number of nitrogens with one attached hydrogen (secondary N) is 1. The molecule has 2 aliphatic carbocycles. The van der Waals surface area contributed by atoms with Crippen molar-refractivity contribution in [3.05, 3.63) is 0 Å². The normalized spacial score (nSPS) is 45.3. The summed E-state index contributed by atoms with van der Waals surface area (Å²) in [5.41, 5.74) is 3.04. The molecule has 3 rings (SSSR count). The smallest absolute Gasteiger partial charge is 0.0820 e. The van der Waals surface area contributed by atoms with Crippen molar-refractivity contribution in [3.63, 3.8) is 0 Å². The van der Waals surface area contributed by atoms with E-state index in [0.717, 1.165) is 30.8 Å². The molecule has 0 spiro atoms. The lowest BCUT2D eigenvalue weighted by Gasteiger charge is -2.42. The second-order valence-electron chi connectivity index (χ2n) is 7.01. The maximum absolute atomic E-state index is 6.07. The van der Waals surface area contributed by atoms with Gasteiger partial charge in [-0.25, -0.2) is 0 Å². The highest BCUT2D eigenvalue weighted by Gasteiger charge is 2.44. The third kappa shape index (κ3) is 2.33. The molecule has 0 aromatic carbocycles. The predicted octanol–water partition coefficient (Wildman–Crippen LogP) is 2.60. The van der Waals surface area contributed by atoms with E-state index in [-0.39, 0.29) is 5.60 Å². The summed E-state index contributed by atoms with van der Waals surface area (Å²) in [6, 6.07) is 0.335. The van der Waals surface area contributed by atoms with Gasteiger partial charge in [-0.3, -0.25) is 11.3 Å². The molecule has 2 saturated carbocycles. The molecule has 1 heterocycles. The van der Waals surface area contributed by atoms with Crippen LogP contribution in [0, 0.1) is 17.8 Å². The van der Waals surface area contributed by atoms with E-state index in [1.165, 1.54) is 44.9 Å². The molecule has 0 amide bonds. The predicted molar refractivity (Wildman–Crippen MR) is 72.9 cm³/mol. The molecule has 3 nitrogen and oxygen atoms in total. The second kappa shape index (κ2) is 5.10. The molecule has 0 aromatic rings. The van der Waals surface area contributed by atoms with E-state index < -0.39 is 0 Å². The van der Waals surface area contributed by atoms with Gasteiger partial charge in [0.25, 0.3) is 0 Å². The van der Waals surface area contributed by atoms with Crippen LogP contribution in [-0.4, -0.2) is 18.2 Å². The third-order valence-corrected chi connectivity index (χ3v) is 5.86. The largest absolute Gasteiger partial charge is 0.374 e. The van der Waals surface area contributed by atoms with Crippen molar-refractivity contribution in [1.29, 1.82) is 0 Å². The fourth-order valence-electron chi connectivity index (χ4n) is 4.69. The molecule has 3 fully saturated rings. The van der Waals surface area contributed by atoms with Crippen LogP contribution in [0.15, 0.2) is 0 Å². The molecule has 3 aliphatic rings. The zero-order chi connectivity index (χ0) is 12.6. The van der Waals surface area contributed by atoms with Crippen LogP contribution in [0.4, 0.5) is 0 Å². The number of ether oxygens (including phenoxy) is 1. The van der Waals surface area contributed by atoms with E-state index in [9.17, 15) is 0 Å². The quantitative estimate of drug-likeness (QED) is 0.597. The van der Waals surface area contributed by atoms with Gasteiger partial charge in [-0.1, -0.05) is 6.42 Å². The highest BCUT2D eigenvalue weighted by molar-refractivity contribution is 4.97. The number of nitrogens with two attached hydrogens (primary N) is 1. The highest BCUT2D eigenvalue weighted by atomic mass is 16.5. The maximum Gasteiger partial charge on any atom is 0.0820 e. The molecule has 1 saturated heterocycles. The first kappa shape index (κ1) is 12.9. The Morgan fingerprint density at radius 2 is 2.22 bits per heavy atom. The van der Waals surface area contributed by atoms with Gasteiger partial charge >= 0.3 is 0 Å². The Kier molecular flexibility index (Phi) is 3.65. The first-order valence-electron chi connectivity index (χ1n) is 7.81. The van der Waals surface area contributed by atoms with Crippen LogP contribution >= 0.6 is 0 Å². The van der Waals surface area contributed by atoms with Gasteiger partial charge < -0.3 is 4.74 Å². The van der Waals surface area contributed by atoms with Gasteiger partial charge in [0.15, 0.2) is 0 Å². The zero-order valence-electron chi connectivity index (χ0n) is 11.7. The van der Waals surface area contributed by atoms with E-state index in [2.05, 4.69) is 12.3 Å². The van der Waals surface area contributed by atoms with Gasteiger partial charge in [-0.2, -0.15) is 0 Å². The summed E-state index contributed by atoms with van der Waals surface area (Å²) in [4.78, 5) is 0. The van der Waals surface area contributed by atoms with E-state index in [0.29, 0.717) is 6.04 Å². The summed E-state index contributed by atoms with van der Waals surface area (Å²) in [6.07, 6.45) is 10.7. The Labute approximate surface area is 111 Å². The molecule has 3 N–H and O–H groups in total. The third-order valence-electron chi connectivity index (χ3n) is 5.86. The van der Waals surface area contributed by atoms with Crippen LogP contribution < -0.4 is 11.3 Å². The summed E-state index contributed by atoms with van der Waals surface area (Å²) in [5, 5.41) is 0. The summed E-state index contributed by atoms with van der Waals surface area (Å²) in [6.45, 7) is 3.16. The van der Waals surface area contributed by atoms with Crippen LogP contribution in [0.3, 0.4) is 0 Å². The lowest BCUT2D eigenvalue weighted by molar-refractivity contribution is -0.0938. The molecular formula is C15H28N2O. The topological polar surface area (TPSA) is 47.3 Å². The van der Waals surface area contributed by atoms with Crippen LogP contribution in [0.1, 0.15) is 58.3 Å². The van der Waals surface area contributed by atoms with Gasteiger partial charge in [0.2, 0.25) is 0 Å². The number of hydrogen-bond donors (Lipinski definition) is 2. The van der Waals surface area contributed by atoms with Crippen LogP contribution in [-0.2, 0) is 4.74 Å². The van der Waals surface area contributed by atoms with Crippen LogP contribution in [0.25, 0.3) is 0 Å². The molecule has 0 radical (unpaired) electrons. The number of hydrazine groups is 1. The van der Waals surface area contributed by atoms with Crippen molar-refractivity contribution in [3.8, 4) is 0 Å². The molecule has 18 heavy (non-hydrogen) atoms. The Hall–Kier alpha value is -0.120. The summed E-state index contributed by atoms with van der Waals surface area (Å²) in [5.74, 6) is 8.74. The minimum Gasteiger partial charge on any atom is -0.374 e. The Morgan fingerprint density at radius 3 is 2.78 bits per heavy atom. The minimum absolute atomic E-state index is 0.0329. The second-order valence-corrected chi connectivity index (χ2v) is 7.01. The van der Waals surface area contributed by atoms with Crippen molar-refractivity contribution in [2.24, 2.45) is 23.6 Å². The number of fused-ring (bicyclic) bond motifs is 2. The zero-order valence-corrected chi connectivity index (χ0v) is 11.7.